The zero-order chi connectivity index (χ0) is 17.3. The molecule has 24 heavy (non-hydrogen) atoms. The molecule has 0 aliphatic heterocycles. The summed E-state index contributed by atoms with van der Waals surface area (Å²) in [5.74, 6) is -0.985. The van der Waals surface area contributed by atoms with E-state index in [4.69, 9.17) is 34.8 Å². The van der Waals surface area contributed by atoms with Crippen molar-refractivity contribution in [1.82, 2.24) is 4.57 Å². The molecule has 2 aromatic carbocycles. The SMILES string of the molecule is O=C(O)c1cn(Cc2ccc(Cl)cc2Cl)cc1-c1ccc(Cl)cc1. The van der Waals surface area contributed by atoms with Gasteiger partial charge in [-0.25, -0.2) is 4.79 Å². The van der Waals surface area contributed by atoms with Gasteiger partial charge >= 0.3 is 5.97 Å². The van der Waals surface area contributed by atoms with Crippen molar-refractivity contribution in [3.05, 3.63) is 81.1 Å². The number of halogens is 3. The zero-order valence-corrected chi connectivity index (χ0v) is 14.6. The van der Waals surface area contributed by atoms with E-state index in [2.05, 4.69) is 0 Å². The molecule has 1 heterocycles. The molecule has 3 nitrogen and oxygen atoms in total. The number of carbonyl (C=O) groups is 1. The Labute approximate surface area is 154 Å². The highest BCUT2D eigenvalue weighted by atomic mass is 35.5. The van der Waals surface area contributed by atoms with E-state index >= 15 is 0 Å². The summed E-state index contributed by atoms with van der Waals surface area (Å²) in [6.07, 6.45) is 3.38. The Morgan fingerprint density at radius 3 is 2.25 bits per heavy atom. The van der Waals surface area contributed by atoms with Crippen LogP contribution in [-0.4, -0.2) is 15.6 Å². The zero-order valence-electron chi connectivity index (χ0n) is 12.3. The van der Waals surface area contributed by atoms with Gasteiger partial charge in [0.05, 0.1) is 5.56 Å². The second kappa shape index (κ2) is 6.89. The average molecular weight is 381 g/mol. The van der Waals surface area contributed by atoms with Gasteiger partial charge < -0.3 is 9.67 Å². The number of hydrogen-bond donors (Lipinski definition) is 1. The normalized spacial score (nSPS) is 10.8. The lowest BCUT2D eigenvalue weighted by atomic mass is 10.1. The van der Waals surface area contributed by atoms with E-state index in [1.165, 1.54) is 0 Å². The Morgan fingerprint density at radius 1 is 0.958 bits per heavy atom. The van der Waals surface area contributed by atoms with Crippen molar-refractivity contribution in [3.8, 4) is 11.1 Å². The summed E-state index contributed by atoms with van der Waals surface area (Å²) >= 11 is 18.0. The Morgan fingerprint density at radius 2 is 1.62 bits per heavy atom. The van der Waals surface area contributed by atoms with Crippen LogP contribution in [0.25, 0.3) is 11.1 Å². The third-order valence-corrected chi connectivity index (χ3v) is 4.47. The molecule has 3 rings (SSSR count). The van der Waals surface area contributed by atoms with Crippen molar-refractivity contribution >= 4 is 40.8 Å². The number of rotatable bonds is 4. The van der Waals surface area contributed by atoms with Crippen molar-refractivity contribution in [2.24, 2.45) is 0 Å². The van der Waals surface area contributed by atoms with Gasteiger partial charge in [-0.05, 0) is 35.4 Å². The molecule has 0 saturated heterocycles. The van der Waals surface area contributed by atoms with E-state index < -0.39 is 5.97 Å². The summed E-state index contributed by atoms with van der Waals surface area (Å²) in [7, 11) is 0. The fourth-order valence-corrected chi connectivity index (χ4v) is 3.07. The highest BCUT2D eigenvalue weighted by molar-refractivity contribution is 6.35. The van der Waals surface area contributed by atoms with Gasteiger partial charge in [-0.15, -0.1) is 0 Å². The van der Waals surface area contributed by atoms with E-state index in [0.717, 1.165) is 11.1 Å². The molecule has 0 spiro atoms. The van der Waals surface area contributed by atoms with E-state index in [-0.39, 0.29) is 5.56 Å². The largest absolute Gasteiger partial charge is 0.478 e. The van der Waals surface area contributed by atoms with Crippen molar-refractivity contribution in [3.63, 3.8) is 0 Å². The van der Waals surface area contributed by atoms with E-state index in [0.29, 0.717) is 27.2 Å². The van der Waals surface area contributed by atoms with Crippen LogP contribution in [0.3, 0.4) is 0 Å². The molecule has 1 N–H and O–H groups in total. The molecule has 0 amide bonds. The molecule has 122 valence electrons. The highest BCUT2D eigenvalue weighted by Crippen LogP contribution is 2.28. The van der Waals surface area contributed by atoms with Crippen molar-refractivity contribution < 1.29 is 9.90 Å². The van der Waals surface area contributed by atoms with Gasteiger partial charge in [-0.1, -0.05) is 53.0 Å². The first-order valence-corrected chi connectivity index (χ1v) is 8.20. The number of carboxylic acid groups (broad SMARTS) is 1. The lowest BCUT2D eigenvalue weighted by Crippen LogP contribution is -1.99. The maximum Gasteiger partial charge on any atom is 0.337 e. The fraction of sp³-hybridized carbons (Fsp3) is 0.0556. The van der Waals surface area contributed by atoms with Gasteiger partial charge in [0, 0.05) is 39.6 Å². The van der Waals surface area contributed by atoms with Crippen LogP contribution in [0.15, 0.2) is 54.9 Å². The van der Waals surface area contributed by atoms with Gasteiger partial charge in [0.1, 0.15) is 0 Å². The van der Waals surface area contributed by atoms with Crippen LogP contribution in [-0.2, 0) is 6.54 Å². The molecule has 0 unspecified atom stereocenters. The fourth-order valence-electron chi connectivity index (χ4n) is 2.48. The van der Waals surface area contributed by atoms with Crippen LogP contribution in [0.4, 0.5) is 0 Å². The third kappa shape index (κ3) is 3.59. The lowest BCUT2D eigenvalue weighted by Gasteiger charge is -2.06. The topological polar surface area (TPSA) is 42.2 Å². The molecule has 0 saturated carbocycles. The van der Waals surface area contributed by atoms with Gasteiger partial charge in [-0.3, -0.25) is 0 Å². The van der Waals surface area contributed by atoms with Crippen LogP contribution in [0.2, 0.25) is 15.1 Å². The highest BCUT2D eigenvalue weighted by Gasteiger charge is 2.15. The minimum atomic E-state index is -0.985. The molecule has 0 radical (unpaired) electrons. The Bertz CT molecular complexity index is 901. The summed E-state index contributed by atoms with van der Waals surface area (Å²) in [6, 6.07) is 12.3. The summed E-state index contributed by atoms with van der Waals surface area (Å²) in [5.41, 5.74) is 2.50. The first-order valence-electron chi connectivity index (χ1n) is 7.07. The summed E-state index contributed by atoms with van der Waals surface area (Å²) in [6.45, 7) is 0.448. The van der Waals surface area contributed by atoms with Gasteiger partial charge in [0.15, 0.2) is 0 Å². The molecule has 0 bridgehead atoms. The third-order valence-electron chi connectivity index (χ3n) is 3.63. The summed E-state index contributed by atoms with van der Waals surface area (Å²) in [5, 5.41) is 11.2. The molecule has 6 heteroatoms. The molecule has 0 aliphatic carbocycles. The maximum absolute atomic E-state index is 11.6. The average Bonchev–Trinajstić information content (AvgIpc) is 2.95. The van der Waals surface area contributed by atoms with Gasteiger partial charge in [0.2, 0.25) is 0 Å². The van der Waals surface area contributed by atoms with Crippen molar-refractivity contribution in [2.45, 2.75) is 6.54 Å². The lowest BCUT2D eigenvalue weighted by molar-refractivity contribution is 0.0697. The molecular formula is C18H12Cl3NO2. The van der Waals surface area contributed by atoms with Gasteiger partial charge in [-0.2, -0.15) is 0 Å². The predicted molar refractivity (Wildman–Crippen MR) is 97.4 cm³/mol. The van der Waals surface area contributed by atoms with Crippen LogP contribution in [0.5, 0.6) is 0 Å². The second-order valence-corrected chi connectivity index (χ2v) is 6.59. The Hall–Kier alpha value is -1.94. The molecule has 0 aliphatic rings. The molecule has 0 fully saturated rings. The van der Waals surface area contributed by atoms with E-state index in [9.17, 15) is 9.90 Å². The van der Waals surface area contributed by atoms with Crippen molar-refractivity contribution in [1.29, 1.82) is 0 Å². The second-order valence-electron chi connectivity index (χ2n) is 5.31. The minimum absolute atomic E-state index is 0.224. The number of aromatic nitrogens is 1. The van der Waals surface area contributed by atoms with E-state index in [1.54, 1.807) is 53.4 Å². The predicted octanol–water partition coefficient (Wildman–Crippen LogP) is 5.86. The number of carboxylic acids is 1. The number of aromatic carboxylic acids is 1. The van der Waals surface area contributed by atoms with Gasteiger partial charge in [0.25, 0.3) is 0 Å². The molecule has 3 aromatic rings. The quantitative estimate of drug-likeness (QED) is 0.616. The first kappa shape index (κ1) is 16.9. The monoisotopic (exact) mass is 379 g/mol. The van der Waals surface area contributed by atoms with Crippen LogP contribution >= 0.6 is 34.8 Å². The minimum Gasteiger partial charge on any atom is -0.478 e. The van der Waals surface area contributed by atoms with Crippen LogP contribution in [0, 0.1) is 0 Å². The first-order chi connectivity index (χ1) is 11.4. The Balaban J connectivity index is 1.99. The molecular weight excluding hydrogens is 369 g/mol. The Kier molecular flexibility index (Phi) is 4.86. The standard InChI is InChI=1S/C18H12Cl3NO2/c19-13-4-1-11(2-5-13)15-9-22(10-16(15)18(23)24)8-12-3-6-14(20)7-17(12)21/h1-7,9-10H,8H2,(H,23,24). The van der Waals surface area contributed by atoms with Crippen LogP contribution in [0.1, 0.15) is 15.9 Å². The number of nitrogens with zero attached hydrogens (tertiary/aromatic N) is 1. The molecule has 0 atom stereocenters. The van der Waals surface area contributed by atoms with E-state index in [1.807, 2.05) is 6.07 Å². The number of benzene rings is 2. The smallest absolute Gasteiger partial charge is 0.337 e. The summed E-state index contributed by atoms with van der Waals surface area (Å²) in [4.78, 5) is 11.6. The summed E-state index contributed by atoms with van der Waals surface area (Å²) < 4.78 is 1.79. The maximum atomic E-state index is 11.6. The van der Waals surface area contributed by atoms with Crippen molar-refractivity contribution in [2.75, 3.05) is 0 Å². The van der Waals surface area contributed by atoms with Crippen LogP contribution < -0.4 is 0 Å². The number of hydrogen-bond acceptors (Lipinski definition) is 1. The molecule has 1 aromatic heterocycles.